The van der Waals surface area contributed by atoms with Gasteiger partial charge in [0.1, 0.15) is 5.82 Å². The van der Waals surface area contributed by atoms with Gasteiger partial charge in [-0.15, -0.1) is 0 Å². The van der Waals surface area contributed by atoms with Gasteiger partial charge in [0.25, 0.3) is 0 Å². The average molecular weight is 306 g/mol. The standard InChI is InChI=1S/C18H21ClFN/c1-2-21-13-16(14-6-4-3-5-7-14)9-8-15-10-11-17(19)12-18(15)20/h3-7,10-12,16,21H,2,8-9,13H2,1H3. The average Bonchev–Trinajstić information content (AvgIpc) is 2.50. The predicted molar refractivity (Wildman–Crippen MR) is 87.5 cm³/mol. The molecule has 2 aromatic rings. The zero-order valence-corrected chi connectivity index (χ0v) is 13.0. The third-order valence-electron chi connectivity index (χ3n) is 3.69. The van der Waals surface area contributed by atoms with Crippen LogP contribution >= 0.6 is 11.6 Å². The van der Waals surface area contributed by atoms with Crippen molar-refractivity contribution in [2.45, 2.75) is 25.7 Å². The van der Waals surface area contributed by atoms with Crippen LogP contribution in [0.1, 0.15) is 30.4 Å². The van der Waals surface area contributed by atoms with E-state index in [9.17, 15) is 4.39 Å². The van der Waals surface area contributed by atoms with Gasteiger partial charge in [0.15, 0.2) is 0 Å². The van der Waals surface area contributed by atoms with E-state index in [4.69, 9.17) is 11.6 Å². The Hall–Kier alpha value is -1.38. The van der Waals surface area contributed by atoms with E-state index in [1.54, 1.807) is 12.1 Å². The molecule has 1 atom stereocenters. The largest absolute Gasteiger partial charge is 0.316 e. The summed E-state index contributed by atoms with van der Waals surface area (Å²) in [4.78, 5) is 0. The van der Waals surface area contributed by atoms with Gasteiger partial charge in [0.05, 0.1) is 0 Å². The van der Waals surface area contributed by atoms with Crippen LogP contribution in [-0.4, -0.2) is 13.1 Å². The van der Waals surface area contributed by atoms with E-state index in [2.05, 4.69) is 36.5 Å². The highest BCUT2D eigenvalue weighted by molar-refractivity contribution is 6.30. The van der Waals surface area contributed by atoms with Gasteiger partial charge in [-0.3, -0.25) is 0 Å². The fraction of sp³-hybridized carbons (Fsp3) is 0.333. The summed E-state index contributed by atoms with van der Waals surface area (Å²) in [5.41, 5.74) is 2.03. The maximum Gasteiger partial charge on any atom is 0.127 e. The van der Waals surface area contributed by atoms with Gasteiger partial charge in [-0.2, -0.15) is 0 Å². The minimum Gasteiger partial charge on any atom is -0.316 e. The van der Waals surface area contributed by atoms with Gasteiger partial charge in [-0.05, 0) is 48.6 Å². The molecule has 0 aromatic heterocycles. The highest BCUT2D eigenvalue weighted by Gasteiger charge is 2.12. The van der Waals surface area contributed by atoms with E-state index >= 15 is 0 Å². The fourth-order valence-corrected chi connectivity index (χ4v) is 2.64. The smallest absolute Gasteiger partial charge is 0.127 e. The van der Waals surface area contributed by atoms with Gasteiger partial charge < -0.3 is 5.32 Å². The van der Waals surface area contributed by atoms with Crippen LogP contribution in [0.5, 0.6) is 0 Å². The van der Waals surface area contributed by atoms with Crippen molar-refractivity contribution in [1.82, 2.24) is 5.32 Å². The molecule has 0 saturated heterocycles. The number of benzene rings is 2. The molecular formula is C18H21ClFN. The summed E-state index contributed by atoms with van der Waals surface area (Å²) in [6.45, 7) is 3.95. The summed E-state index contributed by atoms with van der Waals surface area (Å²) in [5, 5.41) is 3.84. The van der Waals surface area contributed by atoms with Crippen molar-refractivity contribution in [2.24, 2.45) is 0 Å². The predicted octanol–water partition coefficient (Wildman–Crippen LogP) is 4.81. The van der Waals surface area contributed by atoms with E-state index in [0.717, 1.165) is 25.1 Å². The minimum absolute atomic E-state index is 0.210. The Balaban J connectivity index is 2.05. The molecule has 0 bridgehead atoms. The Morgan fingerprint density at radius 2 is 1.90 bits per heavy atom. The van der Waals surface area contributed by atoms with E-state index in [-0.39, 0.29) is 5.82 Å². The second-order valence-corrected chi connectivity index (χ2v) is 5.63. The molecule has 2 rings (SSSR count). The summed E-state index contributed by atoms with van der Waals surface area (Å²) >= 11 is 5.79. The first-order valence-electron chi connectivity index (χ1n) is 7.40. The molecule has 0 radical (unpaired) electrons. The van der Waals surface area contributed by atoms with Crippen LogP contribution < -0.4 is 5.32 Å². The van der Waals surface area contributed by atoms with E-state index in [1.165, 1.54) is 11.6 Å². The summed E-state index contributed by atoms with van der Waals surface area (Å²) in [6.07, 6.45) is 1.63. The third kappa shape index (κ3) is 4.83. The zero-order chi connectivity index (χ0) is 15.1. The van der Waals surface area contributed by atoms with Crippen molar-refractivity contribution < 1.29 is 4.39 Å². The van der Waals surface area contributed by atoms with Crippen LogP contribution in [0.25, 0.3) is 0 Å². The summed E-state index contributed by atoms with van der Waals surface area (Å²) in [7, 11) is 0. The molecule has 0 aliphatic rings. The molecule has 112 valence electrons. The normalized spacial score (nSPS) is 12.3. The van der Waals surface area contributed by atoms with E-state index < -0.39 is 0 Å². The first-order chi connectivity index (χ1) is 10.2. The summed E-state index contributed by atoms with van der Waals surface area (Å²) < 4.78 is 13.9. The van der Waals surface area contributed by atoms with Crippen molar-refractivity contribution in [3.05, 3.63) is 70.5 Å². The SMILES string of the molecule is CCNCC(CCc1ccc(Cl)cc1F)c1ccccc1. The number of hydrogen-bond acceptors (Lipinski definition) is 1. The molecule has 0 heterocycles. The lowest BCUT2D eigenvalue weighted by molar-refractivity contribution is 0.547. The van der Waals surface area contributed by atoms with Crippen molar-refractivity contribution >= 4 is 11.6 Å². The second-order valence-electron chi connectivity index (χ2n) is 5.19. The number of halogens is 2. The summed E-state index contributed by atoms with van der Waals surface area (Å²) in [5.74, 6) is 0.180. The van der Waals surface area contributed by atoms with Gasteiger partial charge in [-0.1, -0.05) is 54.9 Å². The molecule has 1 N–H and O–H groups in total. The monoisotopic (exact) mass is 305 g/mol. The first-order valence-corrected chi connectivity index (χ1v) is 7.78. The molecule has 0 amide bonds. The minimum atomic E-state index is -0.210. The molecule has 2 aromatic carbocycles. The molecule has 0 aliphatic carbocycles. The lowest BCUT2D eigenvalue weighted by Crippen LogP contribution is -2.21. The molecule has 0 spiro atoms. The van der Waals surface area contributed by atoms with Gasteiger partial charge >= 0.3 is 0 Å². The van der Waals surface area contributed by atoms with E-state index in [1.807, 2.05) is 6.07 Å². The number of hydrogen-bond donors (Lipinski definition) is 1. The van der Waals surface area contributed by atoms with Crippen LogP contribution in [-0.2, 0) is 6.42 Å². The first kappa shape index (κ1) is 16.0. The molecule has 3 heteroatoms. The number of rotatable bonds is 7. The van der Waals surface area contributed by atoms with Crippen LogP contribution in [0.4, 0.5) is 4.39 Å². The molecule has 1 unspecified atom stereocenters. The zero-order valence-electron chi connectivity index (χ0n) is 12.3. The maximum absolute atomic E-state index is 13.9. The van der Waals surface area contributed by atoms with Crippen LogP contribution in [0.2, 0.25) is 5.02 Å². The molecule has 0 saturated carbocycles. The number of aryl methyl sites for hydroxylation is 1. The van der Waals surface area contributed by atoms with E-state index in [0.29, 0.717) is 17.4 Å². The Morgan fingerprint density at radius 1 is 1.14 bits per heavy atom. The molecular weight excluding hydrogens is 285 g/mol. The van der Waals surface area contributed by atoms with Crippen molar-refractivity contribution in [3.8, 4) is 0 Å². The Morgan fingerprint density at radius 3 is 2.57 bits per heavy atom. The lowest BCUT2D eigenvalue weighted by Gasteiger charge is -2.18. The highest BCUT2D eigenvalue weighted by Crippen LogP contribution is 2.23. The van der Waals surface area contributed by atoms with Crippen LogP contribution in [0, 0.1) is 5.82 Å². The van der Waals surface area contributed by atoms with Gasteiger partial charge in [0, 0.05) is 11.6 Å². The fourth-order valence-electron chi connectivity index (χ4n) is 2.48. The maximum atomic E-state index is 13.9. The topological polar surface area (TPSA) is 12.0 Å². The van der Waals surface area contributed by atoms with Crippen LogP contribution in [0.3, 0.4) is 0 Å². The van der Waals surface area contributed by atoms with Crippen LogP contribution in [0.15, 0.2) is 48.5 Å². The molecule has 21 heavy (non-hydrogen) atoms. The molecule has 1 nitrogen and oxygen atoms in total. The van der Waals surface area contributed by atoms with Crippen molar-refractivity contribution in [3.63, 3.8) is 0 Å². The van der Waals surface area contributed by atoms with Gasteiger partial charge in [0.2, 0.25) is 0 Å². The highest BCUT2D eigenvalue weighted by atomic mass is 35.5. The lowest BCUT2D eigenvalue weighted by atomic mass is 9.92. The second kappa shape index (κ2) is 8.16. The Bertz CT molecular complexity index is 556. The quantitative estimate of drug-likeness (QED) is 0.774. The van der Waals surface area contributed by atoms with Gasteiger partial charge in [-0.25, -0.2) is 4.39 Å². The van der Waals surface area contributed by atoms with Crippen molar-refractivity contribution in [2.75, 3.05) is 13.1 Å². The van der Waals surface area contributed by atoms with Crippen molar-refractivity contribution in [1.29, 1.82) is 0 Å². The summed E-state index contributed by atoms with van der Waals surface area (Å²) in [6, 6.07) is 15.3. The Kier molecular flexibility index (Phi) is 6.21. The Labute approximate surface area is 131 Å². The third-order valence-corrected chi connectivity index (χ3v) is 3.92. The number of likely N-dealkylation sites (N-methyl/N-ethyl adjacent to an activating group) is 1. The molecule has 0 fully saturated rings. The molecule has 0 aliphatic heterocycles. The number of nitrogens with one attached hydrogen (secondary N) is 1.